The van der Waals surface area contributed by atoms with Crippen LogP contribution in [0, 0.1) is 16.7 Å². The van der Waals surface area contributed by atoms with E-state index in [-0.39, 0.29) is 13.0 Å². The second kappa shape index (κ2) is 8.60. The minimum absolute atomic E-state index is 0.0122. The molecule has 2 aliphatic carbocycles. The zero-order chi connectivity index (χ0) is 26.0. The average Bonchev–Trinajstić information content (AvgIpc) is 2.78. The fourth-order valence-electron chi connectivity index (χ4n) is 7.60. The number of nitrogens with zero attached hydrogens (tertiary/aromatic N) is 1. The average molecular weight is 496 g/mol. The number of aliphatic hydroxyl groups excluding tert-OH is 2. The van der Waals surface area contributed by atoms with Crippen LogP contribution in [-0.4, -0.2) is 99.9 Å². The third-order valence-electron chi connectivity index (χ3n) is 9.44. The van der Waals surface area contributed by atoms with Gasteiger partial charge in [-0.15, -0.1) is 6.58 Å². The Hall–Kier alpha value is -1.36. The van der Waals surface area contributed by atoms with E-state index >= 15 is 0 Å². The Kier molecular flexibility index (Phi) is 6.56. The van der Waals surface area contributed by atoms with Gasteiger partial charge in [0.2, 0.25) is 0 Å². The lowest BCUT2D eigenvalue weighted by Gasteiger charge is -2.71. The molecule has 198 valence electrons. The summed E-state index contributed by atoms with van der Waals surface area (Å²) in [6.07, 6.45) is -1.42. The number of carbonyl (C=O) groups is 2. The predicted molar refractivity (Wildman–Crippen MR) is 126 cm³/mol. The Morgan fingerprint density at radius 1 is 1.20 bits per heavy atom. The van der Waals surface area contributed by atoms with Crippen molar-refractivity contribution in [1.82, 2.24) is 4.90 Å². The molecule has 4 fully saturated rings. The molecule has 0 aromatic rings. The number of carbonyl (C=O) groups excluding carboxylic acids is 2. The fraction of sp³-hybridized carbons (Fsp3) is 0.846. The summed E-state index contributed by atoms with van der Waals surface area (Å²) in [5.41, 5.74) is -7.18. The van der Waals surface area contributed by atoms with Gasteiger partial charge in [-0.25, -0.2) is 0 Å². The molecule has 2 aliphatic heterocycles. The molecule has 0 spiro atoms. The van der Waals surface area contributed by atoms with E-state index in [9.17, 15) is 24.9 Å². The van der Waals surface area contributed by atoms with Crippen molar-refractivity contribution in [3.63, 3.8) is 0 Å². The number of rotatable bonds is 4. The first-order valence-electron chi connectivity index (χ1n) is 12.6. The Morgan fingerprint density at radius 3 is 2.43 bits per heavy atom. The van der Waals surface area contributed by atoms with Crippen LogP contribution < -0.4 is 0 Å². The van der Waals surface area contributed by atoms with Crippen molar-refractivity contribution in [3.8, 4) is 0 Å². The van der Waals surface area contributed by atoms with Gasteiger partial charge in [0.15, 0.2) is 17.5 Å². The Morgan fingerprint density at radius 2 is 1.83 bits per heavy atom. The second-order valence-electron chi connectivity index (χ2n) is 12.1. The van der Waals surface area contributed by atoms with Gasteiger partial charge in [-0.3, -0.25) is 14.5 Å². The van der Waals surface area contributed by atoms with Crippen molar-refractivity contribution in [2.75, 3.05) is 32.8 Å². The number of morpholine rings is 1. The van der Waals surface area contributed by atoms with E-state index in [4.69, 9.17) is 14.2 Å². The molecule has 9 heteroatoms. The van der Waals surface area contributed by atoms with Crippen molar-refractivity contribution >= 4 is 11.8 Å². The van der Waals surface area contributed by atoms with Crippen molar-refractivity contribution in [1.29, 1.82) is 0 Å². The van der Waals surface area contributed by atoms with E-state index in [0.29, 0.717) is 39.1 Å². The summed E-state index contributed by atoms with van der Waals surface area (Å²) in [4.78, 5) is 28.9. The van der Waals surface area contributed by atoms with Crippen molar-refractivity contribution in [3.05, 3.63) is 12.7 Å². The van der Waals surface area contributed by atoms with E-state index in [1.54, 1.807) is 13.8 Å². The highest BCUT2D eigenvalue weighted by atomic mass is 16.6. The SMILES string of the molecule is C=C[C@@]1(C)CC(=O)[C@]2(O)[C@@]3(C)[C@@H](O)CCC(C)(C)[C@@H]3[C@H](O)[C@H](OC(=O)CN3CCOCC3)[C@@]2(C)O1. The number of hydrogen-bond donors (Lipinski definition) is 3. The standard InChI is InChI=1S/C26H41NO8/c1-7-23(4)14-17(29)26(32)24(5)16(28)8-9-22(2,3)20(24)19(31)21(25(26,6)35-23)34-18(30)15-27-10-12-33-13-11-27/h7,16,19-21,28,31-32H,1,8-15H2,2-6H3/t16-,19-,20-,21-,23-,24-,25+,26-/m0/s1. The summed E-state index contributed by atoms with van der Waals surface area (Å²) in [6, 6.07) is 0. The molecule has 4 rings (SSSR count). The van der Waals surface area contributed by atoms with Gasteiger partial charge in [0, 0.05) is 30.8 Å². The lowest BCUT2D eigenvalue weighted by atomic mass is 9.40. The van der Waals surface area contributed by atoms with E-state index in [1.165, 1.54) is 13.0 Å². The van der Waals surface area contributed by atoms with Gasteiger partial charge >= 0.3 is 5.97 Å². The highest BCUT2D eigenvalue weighted by Gasteiger charge is 2.81. The molecular formula is C26H41NO8. The van der Waals surface area contributed by atoms with E-state index in [1.807, 2.05) is 18.7 Å². The van der Waals surface area contributed by atoms with Gasteiger partial charge in [0.05, 0.1) is 37.6 Å². The van der Waals surface area contributed by atoms with Gasteiger partial charge in [0.1, 0.15) is 5.60 Å². The molecule has 4 aliphatic rings. The third-order valence-corrected chi connectivity index (χ3v) is 9.44. The van der Waals surface area contributed by atoms with Gasteiger partial charge in [-0.2, -0.15) is 0 Å². The van der Waals surface area contributed by atoms with Crippen LogP contribution in [-0.2, 0) is 23.8 Å². The summed E-state index contributed by atoms with van der Waals surface area (Å²) in [5, 5.41) is 35.6. The van der Waals surface area contributed by atoms with Crippen molar-refractivity contribution in [2.45, 2.75) is 89.0 Å². The summed E-state index contributed by atoms with van der Waals surface area (Å²) in [7, 11) is 0. The molecular weight excluding hydrogens is 454 g/mol. The van der Waals surface area contributed by atoms with Crippen LogP contribution in [0.5, 0.6) is 0 Å². The first-order valence-corrected chi connectivity index (χ1v) is 12.6. The Labute approximate surface area is 207 Å². The van der Waals surface area contributed by atoms with Crippen LogP contribution in [0.1, 0.15) is 53.9 Å². The maximum Gasteiger partial charge on any atom is 0.320 e. The third kappa shape index (κ3) is 3.73. The molecule has 2 saturated heterocycles. The van der Waals surface area contributed by atoms with E-state index < -0.39 is 63.6 Å². The van der Waals surface area contributed by atoms with Crippen LogP contribution in [0.15, 0.2) is 12.7 Å². The lowest BCUT2D eigenvalue weighted by Crippen LogP contribution is -2.86. The van der Waals surface area contributed by atoms with Crippen LogP contribution >= 0.6 is 0 Å². The first kappa shape index (κ1) is 26.7. The quantitative estimate of drug-likeness (QED) is 0.384. The largest absolute Gasteiger partial charge is 0.455 e. The highest BCUT2D eigenvalue weighted by Crippen LogP contribution is 2.67. The minimum Gasteiger partial charge on any atom is -0.455 e. The summed E-state index contributed by atoms with van der Waals surface area (Å²) >= 11 is 0. The van der Waals surface area contributed by atoms with Gasteiger partial charge in [-0.05, 0) is 32.1 Å². The van der Waals surface area contributed by atoms with Crippen LogP contribution in [0.2, 0.25) is 0 Å². The fourth-order valence-corrected chi connectivity index (χ4v) is 7.60. The number of fused-ring (bicyclic) bond motifs is 3. The summed E-state index contributed by atoms with van der Waals surface area (Å²) in [5.74, 6) is -1.84. The second-order valence-corrected chi connectivity index (χ2v) is 12.1. The minimum atomic E-state index is -2.21. The lowest BCUT2D eigenvalue weighted by molar-refractivity contribution is -0.370. The van der Waals surface area contributed by atoms with Gasteiger partial charge < -0.3 is 29.5 Å². The molecule has 2 saturated carbocycles. The van der Waals surface area contributed by atoms with Crippen LogP contribution in [0.3, 0.4) is 0 Å². The zero-order valence-corrected chi connectivity index (χ0v) is 21.6. The molecule has 0 aromatic heterocycles. The summed E-state index contributed by atoms with van der Waals surface area (Å²) < 4.78 is 17.7. The number of aliphatic hydroxyl groups is 3. The normalized spacial score (nSPS) is 47.9. The Balaban J connectivity index is 1.81. The van der Waals surface area contributed by atoms with Crippen molar-refractivity contribution < 1.29 is 39.1 Å². The first-order chi connectivity index (χ1) is 16.2. The maximum absolute atomic E-state index is 13.9. The summed E-state index contributed by atoms with van der Waals surface area (Å²) in [6.45, 7) is 14.7. The number of ether oxygens (including phenoxy) is 3. The van der Waals surface area contributed by atoms with E-state index in [2.05, 4.69) is 6.58 Å². The van der Waals surface area contributed by atoms with Crippen LogP contribution in [0.25, 0.3) is 0 Å². The molecule has 3 N–H and O–H groups in total. The molecule has 0 aromatic carbocycles. The predicted octanol–water partition coefficient (Wildman–Crippen LogP) is 0.832. The molecule has 0 unspecified atom stereocenters. The number of Topliss-reactive ketones (excluding diaryl/α,β-unsaturated/α-hetero) is 1. The molecule has 8 atom stereocenters. The van der Waals surface area contributed by atoms with Crippen LogP contribution in [0.4, 0.5) is 0 Å². The topological polar surface area (TPSA) is 126 Å². The molecule has 0 bridgehead atoms. The molecule has 35 heavy (non-hydrogen) atoms. The van der Waals surface area contributed by atoms with Gasteiger partial charge in [-0.1, -0.05) is 26.8 Å². The smallest absolute Gasteiger partial charge is 0.320 e. The maximum atomic E-state index is 13.9. The molecule has 9 nitrogen and oxygen atoms in total. The number of ketones is 1. The molecule has 2 heterocycles. The molecule has 0 amide bonds. The van der Waals surface area contributed by atoms with E-state index in [0.717, 1.165) is 0 Å². The Bertz CT molecular complexity index is 887. The van der Waals surface area contributed by atoms with Crippen molar-refractivity contribution in [2.24, 2.45) is 16.7 Å². The zero-order valence-electron chi connectivity index (χ0n) is 21.6. The highest BCUT2D eigenvalue weighted by molar-refractivity contribution is 5.92. The molecule has 0 radical (unpaired) electrons. The monoisotopic (exact) mass is 495 g/mol. The number of hydrogen-bond acceptors (Lipinski definition) is 9. The number of esters is 1. The van der Waals surface area contributed by atoms with Gasteiger partial charge in [0.25, 0.3) is 0 Å².